The molecular weight excluding hydrogens is 313 g/mol. The van der Waals surface area contributed by atoms with Gasteiger partial charge in [-0.2, -0.15) is 0 Å². The minimum absolute atomic E-state index is 0.335. The molecule has 0 heterocycles. The second kappa shape index (κ2) is 4.87. The van der Waals surface area contributed by atoms with Crippen LogP contribution in [0.4, 0.5) is 5.69 Å². The second-order valence-electron chi connectivity index (χ2n) is 4.44. The molecule has 1 aromatic rings. The van der Waals surface area contributed by atoms with Crippen molar-refractivity contribution in [3.8, 4) is 0 Å². The lowest BCUT2D eigenvalue weighted by Gasteiger charge is -2.25. The molecule has 1 rings (SSSR count). The molecule has 0 N–H and O–H groups in total. The average molecular weight is 333 g/mol. The van der Waals surface area contributed by atoms with E-state index in [2.05, 4.69) is 85.9 Å². The van der Waals surface area contributed by atoms with Crippen molar-refractivity contribution in [1.29, 1.82) is 0 Å². The molecule has 0 spiro atoms. The zero-order chi connectivity index (χ0) is 11.6. The van der Waals surface area contributed by atoms with Crippen LogP contribution in [0.3, 0.4) is 0 Å². The number of rotatable bonds is 3. The van der Waals surface area contributed by atoms with Crippen molar-refractivity contribution in [1.82, 2.24) is 0 Å². The summed E-state index contributed by atoms with van der Waals surface area (Å²) in [5.74, 6) is 0. The van der Waals surface area contributed by atoms with Gasteiger partial charge in [-0.05, 0) is 13.0 Å². The Kier molecular flexibility index (Phi) is 4.23. The van der Waals surface area contributed by atoms with E-state index >= 15 is 0 Å². The molecule has 83 valence electrons. The average Bonchev–Trinajstić information content (AvgIpc) is 2.17. The van der Waals surface area contributed by atoms with Crippen LogP contribution in [0.15, 0.2) is 24.3 Å². The summed E-state index contributed by atoms with van der Waals surface area (Å²) in [6.07, 6.45) is 0. The van der Waals surface area contributed by atoms with Gasteiger partial charge in [0.25, 0.3) is 22.6 Å². The van der Waals surface area contributed by atoms with Crippen LogP contribution < -0.4 is 27.5 Å². The van der Waals surface area contributed by atoms with Crippen LogP contribution in [-0.2, 0) is 3.04 Å². The highest BCUT2D eigenvalue weighted by atomic mass is 127. The number of hydrogen-bond donors (Lipinski definition) is 0. The normalized spacial score (nSPS) is 15.1. The molecule has 0 aliphatic carbocycles. The van der Waals surface area contributed by atoms with E-state index in [1.165, 1.54) is 11.3 Å². The van der Waals surface area contributed by atoms with Crippen LogP contribution in [0, 0.1) is 0 Å². The SMILES string of the molecule is CN(C)c1ccccc1C(C)([IH+])[Si](C)C. The summed E-state index contributed by atoms with van der Waals surface area (Å²) < 4.78 is 0.335. The highest BCUT2D eigenvalue weighted by molar-refractivity contribution is 6.58. The highest BCUT2D eigenvalue weighted by Gasteiger charge is 2.39. The summed E-state index contributed by atoms with van der Waals surface area (Å²) in [7, 11) is 3.90. The molecule has 0 saturated heterocycles. The van der Waals surface area contributed by atoms with Crippen molar-refractivity contribution in [2.75, 3.05) is 19.0 Å². The van der Waals surface area contributed by atoms with E-state index in [1.54, 1.807) is 0 Å². The first-order valence-electron chi connectivity index (χ1n) is 5.15. The summed E-state index contributed by atoms with van der Waals surface area (Å²) in [6.45, 7) is 7.15. The number of para-hydroxylation sites is 1. The Balaban J connectivity index is 3.24. The molecule has 0 bridgehead atoms. The van der Waals surface area contributed by atoms with Crippen LogP contribution in [0.5, 0.6) is 0 Å². The second-order valence-corrected chi connectivity index (χ2v) is 10.9. The van der Waals surface area contributed by atoms with Gasteiger partial charge in [0.1, 0.15) is 8.80 Å². The van der Waals surface area contributed by atoms with E-state index in [0.29, 0.717) is 3.04 Å². The number of benzene rings is 1. The maximum atomic E-state index is 2.39. The number of nitrogens with zero attached hydrogens (tertiary/aromatic N) is 1. The van der Waals surface area contributed by atoms with Gasteiger partial charge in [-0.1, -0.05) is 31.3 Å². The van der Waals surface area contributed by atoms with Crippen LogP contribution >= 0.6 is 0 Å². The van der Waals surface area contributed by atoms with Crippen LogP contribution in [0.1, 0.15) is 12.5 Å². The molecule has 1 aromatic carbocycles. The van der Waals surface area contributed by atoms with E-state index in [9.17, 15) is 0 Å². The first-order chi connectivity index (χ1) is 6.87. The summed E-state index contributed by atoms with van der Waals surface area (Å²) in [5, 5.41) is 0. The summed E-state index contributed by atoms with van der Waals surface area (Å²) in [6, 6.07) is 8.75. The van der Waals surface area contributed by atoms with E-state index < -0.39 is 0 Å². The monoisotopic (exact) mass is 333 g/mol. The zero-order valence-corrected chi connectivity index (χ0v) is 13.5. The number of hydrogen-bond acceptors (Lipinski definition) is 1. The molecular formula is C12H20INSi+. The van der Waals surface area contributed by atoms with Gasteiger partial charge in [-0.3, -0.25) is 0 Å². The summed E-state index contributed by atoms with van der Waals surface area (Å²) in [4.78, 5) is 2.21. The van der Waals surface area contributed by atoms with E-state index in [4.69, 9.17) is 0 Å². The third-order valence-corrected chi connectivity index (χ3v) is 9.15. The molecule has 0 aromatic heterocycles. The maximum absolute atomic E-state index is 2.39. The van der Waals surface area contributed by atoms with Gasteiger partial charge in [0, 0.05) is 25.3 Å². The molecule has 1 atom stereocenters. The van der Waals surface area contributed by atoms with Crippen molar-refractivity contribution in [2.45, 2.75) is 23.1 Å². The lowest BCUT2D eigenvalue weighted by atomic mass is 10.1. The smallest absolute Gasteiger partial charge is 0.259 e. The Morgan fingerprint density at radius 3 is 2.20 bits per heavy atom. The van der Waals surface area contributed by atoms with Gasteiger partial charge in [0.15, 0.2) is 3.04 Å². The summed E-state index contributed by atoms with van der Waals surface area (Å²) >= 11 is 2.28. The van der Waals surface area contributed by atoms with Crippen LogP contribution in [0.25, 0.3) is 0 Å². The number of anilines is 1. The fraction of sp³-hybridized carbons (Fsp3) is 0.500. The molecule has 15 heavy (non-hydrogen) atoms. The van der Waals surface area contributed by atoms with Crippen molar-refractivity contribution in [3.63, 3.8) is 0 Å². The molecule has 1 unspecified atom stereocenters. The predicted octanol–water partition coefficient (Wildman–Crippen LogP) is -0.453. The van der Waals surface area contributed by atoms with E-state index in [1.807, 2.05) is 0 Å². The lowest BCUT2D eigenvalue weighted by Crippen LogP contribution is -3.42. The van der Waals surface area contributed by atoms with Gasteiger partial charge >= 0.3 is 0 Å². The largest absolute Gasteiger partial charge is 0.377 e. The number of alkyl halides is 1. The molecule has 0 aliphatic rings. The zero-order valence-electron chi connectivity index (χ0n) is 10.2. The Labute approximate surface area is 109 Å². The topological polar surface area (TPSA) is 3.24 Å². The lowest BCUT2D eigenvalue weighted by molar-refractivity contribution is -0.448. The van der Waals surface area contributed by atoms with Crippen molar-refractivity contribution < 1.29 is 22.6 Å². The van der Waals surface area contributed by atoms with Crippen molar-refractivity contribution in [3.05, 3.63) is 29.8 Å². The fourth-order valence-electron chi connectivity index (χ4n) is 1.54. The van der Waals surface area contributed by atoms with E-state index in [0.717, 1.165) is 0 Å². The third kappa shape index (κ3) is 2.75. The standard InChI is InChI=1S/C12H20INSi/c1-12(13,15(4)5)10-8-6-7-9-11(10)14(2)3/h6-9,13H,1-5H3/q+1. The van der Waals surface area contributed by atoms with Gasteiger partial charge in [0.05, 0.1) is 0 Å². The van der Waals surface area contributed by atoms with Crippen molar-refractivity contribution >= 4 is 14.5 Å². The maximum Gasteiger partial charge on any atom is 0.259 e. The highest BCUT2D eigenvalue weighted by Crippen LogP contribution is 2.27. The van der Waals surface area contributed by atoms with Gasteiger partial charge in [0.2, 0.25) is 0 Å². The molecule has 1 nitrogen and oxygen atoms in total. The number of halogens is 1. The molecule has 0 amide bonds. The Morgan fingerprint density at radius 1 is 1.20 bits per heavy atom. The van der Waals surface area contributed by atoms with Crippen LogP contribution in [-0.4, -0.2) is 22.9 Å². The van der Waals surface area contributed by atoms with E-state index in [-0.39, 0.29) is 8.80 Å². The molecule has 0 fully saturated rings. The summed E-state index contributed by atoms with van der Waals surface area (Å²) in [5.41, 5.74) is 2.84. The van der Waals surface area contributed by atoms with Crippen LogP contribution in [0.2, 0.25) is 13.1 Å². The van der Waals surface area contributed by atoms with Gasteiger partial charge < -0.3 is 4.90 Å². The molecule has 1 radical (unpaired) electrons. The fourth-order valence-corrected chi connectivity index (χ4v) is 2.78. The van der Waals surface area contributed by atoms with Gasteiger partial charge in [-0.15, -0.1) is 0 Å². The van der Waals surface area contributed by atoms with Gasteiger partial charge in [-0.25, -0.2) is 0 Å². The predicted molar refractivity (Wildman–Crippen MR) is 67.0 cm³/mol. The molecule has 3 heteroatoms. The Bertz CT molecular complexity index is 334. The Morgan fingerprint density at radius 2 is 1.73 bits per heavy atom. The quantitative estimate of drug-likeness (QED) is 0.411. The Hall–Kier alpha value is -0.0331. The minimum Gasteiger partial charge on any atom is -0.377 e. The minimum atomic E-state index is -0.340. The molecule has 0 saturated carbocycles. The molecule has 0 aliphatic heterocycles. The third-order valence-electron chi connectivity index (χ3n) is 2.85. The first kappa shape index (κ1) is 13.0. The first-order valence-corrected chi connectivity index (χ1v) is 8.81. The van der Waals surface area contributed by atoms with Crippen molar-refractivity contribution in [2.24, 2.45) is 0 Å².